The van der Waals surface area contributed by atoms with Crippen molar-refractivity contribution in [3.05, 3.63) is 28.8 Å². The topological polar surface area (TPSA) is 53.5 Å². The van der Waals surface area contributed by atoms with Crippen LogP contribution < -0.4 is 15.4 Å². The Labute approximate surface area is 131 Å². The molecule has 1 fully saturated rings. The van der Waals surface area contributed by atoms with Crippen molar-refractivity contribution >= 4 is 24.0 Å². The molecular weight excluding hydrogens is 299 g/mol. The molecule has 114 valence electrons. The van der Waals surface area contributed by atoms with Gasteiger partial charge in [-0.05, 0) is 13.0 Å². The van der Waals surface area contributed by atoms with E-state index in [-0.39, 0.29) is 24.4 Å². The van der Waals surface area contributed by atoms with Crippen LogP contribution in [-0.4, -0.2) is 37.5 Å². The number of hydrogen-bond donors (Lipinski definition) is 3. The zero-order valence-corrected chi connectivity index (χ0v) is 13.1. The Kier molecular flexibility index (Phi) is 7.62. The molecule has 1 aliphatic rings. The van der Waals surface area contributed by atoms with Crippen molar-refractivity contribution in [3.8, 4) is 5.75 Å². The summed E-state index contributed by atoms with van der Waals surface area (Å²) in [5.74, 6) is 1.03. The number of benzene rings is 1. The Morgan fingerprint density at radius 3 is 2.90 bits per heavy atom. The zero-order valence-electron chi connectivity index (χ0n) is 11.6. The van der Waals surface area contributed by atoms with Crippen LogP contribution in [0, 0.1) is 5.92 Å². The molecule has 2 atom stereocenters. The van der Waals surface area contributed by atoms with Crippen molar-refractivity contribution in [1.82, 2.24) is 10.6 Å². The van der Waals surface area contributed by atoms with E-state index >= 15 is 0 Å². The molecule has 6 heteroatoms. The van der Waals surface area contributed by atoms with Crippen LogP contribution in [0.25, 0.3) is 0 Å². The summed E-state index contributed by atoms with van der Waals surface area (Å²) in [6.45, 7) is 5.57. The maximum Gasteiger partial charge on any atom is 0.142 e. The maximum atomic E-state index is 9.72. The molecule has 4 nitrogen and oxygen atoms in total. The van der Waals surface area contributed by atoms with E-state index < -0.39 is 0 Å². The zero-order chi connectivity index (χ0) is 13.7. The SMILES string of the molecule is CCOc1c(Cl)cccc1CNCC1CNCC1O.Cl. The van der Waals surface area contributed by atoms with Gasteiger partial charge in [0.1, 0.15) is 5.75 Å². The van der Waals surface area contributed by atoms with Gasteiger partial charge in [0.05, 0.1) is 17.7 Å². The van der Waals surface area contributed by atoms with E-state index in [0.717, 1.165) is 24.4 Å². The van der Waals surface area contributed by atoms with Gasteiger partial charge in [-0.2, -0.15) is 0 Å². The van der Waals surface area contributed by atoms with Gasteiger partial charge < -0.3 is 20.5 Å². The molecule has 20 heavy (non-hydrogen) atoms. The molecule has 0 amide bonds. The number of para-hydroxylation sites is 1. The molecule has 0 aliphatic carbocycles. The fourth-order valence-corrected chi connectivity index (χ4v) is 2.57. The van der Waals surface area contributed by atoms with Crippen molar-refractivity contribution in [1.29, 1.82) is 0 Å². The molecule has 1 saturated heterocycles. The summed E-state index contributed by atoms with van der Waals surface area (Å²) in [4.78, 5) is 0. The highest BCUT2D eigenvalue weighted by Crippen LogP contribution is 2.28. The van der Waals surface area contributed by atoms with Crippen LogP contribution in [-0.2, 0) is 6.54 Å². The smallest absolute Gasteiger partial charge is 0.142 e. The standard InChI is InChI=1S/C14H21ClN2O2.ClH/c1-2-19-14-10(4-3-5-12(14)15)6-16-7-11-8-17-9-13(11)18;/h3-5,11,13,16-18H,2,6-9H2,1H3;1H. The van der Waals surface area contributed by atoms with E-state index in [0.29, 0.717) is 24.7 Å². The second-order valence-corrected chi connectivity index (χ2v) is 5.18. The molecule has 1 aromatic rings. The summed E-state index contributed by atoms with van der Waals surface area (Å²) in [6.07, 6.45) is -0.252. The van der Waals surface area contributed by atoms with E-state index in [1.807, 2.05) is 25.1 Å². The largest absolute Gasteiger partial charge is 0.492 e. The highest BCUT2D eigenvalue weighted by molar-refractivity contribution is 6.32. The van der Waals surface area contributed by atoms with Crippen molar-refractivity contribution in [2.75, 3.05) is 26.2 Å². The van der Waals surface area contributed by atoms with Crippen molar-refractivity contribution in [2.24, 2.45) is 5.92 Å². The molecule has 0 radical (unpaired) electrons. The van der Waals surface area contributed by atoms with Gasteiger partial charge in [0.15, 0.2) is 0 Å². The average molecular weight is 321 g/mol. The number of nitrogens with one attached hydrogen (secondary N) is 2. The Hall–Kier alpha value is -0.520. The third-order valence-electron chi connectivity index (χ3n) is 3.36. The number of aliphatic hydroxyl groups is 1. The molecule has 1 heterocycles. The lowest BCUT2D eigenvalue weighted by molar-refractivity contribution is 0.146. The van der Waals surface area contributed by atoms with Gasteiger partial charge in [-0.25, -0.2) is 0 Å². The first-order chi connectivity index (χ1) is 9.22. The second-order valence-electron chi connectivity index (χ2n) is 4.78. The third kappa shape index (κ3) is 4.50. The van der Waals surface area contributed by atoms with E-state index in [4.69, 9.17) is 16.3 Å². The molecule has 2 rings (SSSR count). The summed E-state index contributed by atoms with van der Waals surface area (Å²) in [5.41, 5.74) is 1.05. The first kappa shape index (κ1) is 17.5. The Morgan fingerprint density at radius 1 is 1.45 bits per heavy atom. The van der Waals surface area contributed by atoms with Crippen LogP contribution in [0.15, 0.2) is 18.2 Å². The molecule has 1 aliphatic heterocycles. The van der Waals surface area contributed by atoms with Gasteiger partial charge in [0.25, 0.3) is 0 Å². The number of ether oxygens (including phenoxy) is 1. The first-order valence-electron chi connectivity index (χ1n) is 6.72. The number of hydrogen-bond acceptors (Lipinski definition) is 4. The summed E-state index contributed by atoms with van der Waals surface area (Å²) < 4.78 is 5.58. The summed E-state index contributed by atoms with van der Waals surface area (Å²) >= 11 is 6.13. The van der Waals surface area contributed by atoms with Crippen LogP contribution in [0.5, 0.6) is 5.75 Å². The maximum absolute atomic E-state index is 9.72. The van der Waals surface area contributed by atoms with Gasteiger partial charge in [-0.1, -0.05) is 23.7 Å². The number of β-amino-alcohol motifs (C(OH)–C–C–N with tert-alkyl or cyclic N) is 1. The molecule has 0 bridgehead atoms. The third-order valence-corrected chi connectivity index (χ3v) is 3.66. The molecule has 2 unspecified atom stereocenters. The number of halogens is 2. The highest BCUT2D eigenvalue weighted by Gasteiger charge is 2.24. The molecule has 0 spiro atoms. The van der Waals surface area contributed by atoms with Crippen LogP contribution in [0.3, 0.4) is 0 Å². The predicted molar refractivity (Wildman–Crippen MR) is 83.9 cm³/mol. The Bertz CT molecular complexity index is 418. The molecule has 3 N–H and O–H groups in total. The molecule has 0 saturated carbocycles. The van der Waals surface area contributed by atoms with Gasteiger partial charge in [-0.3, -0.25) is 0 Å². The van der Waals surface area contributed by atoms with Gasteiger partial charge in [-0.15, -0.1) is 12.4 Å². The van der Waals surface area contributed by atoms with Crippen molar-refractivity contribution < 1.29 is 9.84 Å². The summed E-state index contributed by atoms with van der Waals surface area (Å²) in [7, 11) is 0. The lowest BCUT2D eigenvalue weighted by Gasteiger charge is -2.16. The summed E-state index contributed by atoms with van der Waals surface area (Å²) in [6, 6.07) is 5.77. The van der Waals surface area contributed by atoms with Crippen LogP contribution in [0.1, 0.15) is 12.5 Å². The Balaban J connectivity index is 0.00000200. The van der Waals surface area contributed by atoms with Crippen LogP contribution >= 0.6 is 24.0 Å². The lowest BCUT2D eigenvalue weighted by atomic mass is 10.1. The normalized spacial score (nSPS) is 21.6. The van der Waals surface area contributed by atoms with Gasteiger partial charge in [0.2, 0.25) is 0 Å². The summed E-state index contributed by atoms with van der Waals surface area (Å²) in [5, 5.41) is 16.9. The van der Waals surface area contributed by atoms with Gasteiger partial charge in [0, 0.05) is 37.7 Å². The monoisotopic (exact) mass is 320 g/mol. The molecular formula is C14H22Cl2N2O2. The Morgan fingerprint density at radius 2 is 2.25 bits per heavy atom. The van der Waals surface area contributed by atoms with E-state index in [2.05, 4.69) is 10.6 Å². The fraction of sp³-hybridized carbons (Fsp3) is 0.571. The number of aliphatic hydroxyl groups excluding tert-OH is 1. The average Bonchev–Trinajstić information content (AvgIpc) is 2.79. The predicted octanol–water partition coefficient (Wildman–Crippen LogP) is 1.83. The van der Waals surface area contributed by atoms with E-state index in [1.165, 1.54) is 0 Å². The number of rotatable bonds is 6. The first-order valence-corrected chi connectivity index (χ1v) is 7.09. The van der Waals surface area contributed by atoms with Gasteiger partial charge >= 0.3 is 0 Å². The molecule has 0 aromatic heterocycles. The van der Waals surface area contributed by atoms with E-state index in [1.54, 1.807) is 0 Å². The second kappa shape index (κ2) is 8.70. The lowest BCUT2D eigenvalue weighted by Crippen LogP contribution is -2.30. The minimum Gasteiger partial charge on any atom is -0.492 e. The molecule has 1 aromatic carbocycles. The van der Waals surface area contributed by atoms with Crippen molar-refractivity contribution in [3.63, 3.8) is 0 Å². The minimum atomic E-state index is -0.252. The quantitative estimate of drug-likeness (QED) is 0.748. The fourth-order valence-electron chi connectivity index (χ4n) is 2.32. The minimum absolute atomic E-state index is 0. The highest BCUT2D eigenvalue weighted by atomic mass is 35.5. The van der Waals surface area contributed by atoms with Crippen LogP contribution in [0.4, 0.5) is 0 Å². The van der Waals surface area contributed by atoms with Crippen LogP contribution in [0.2, 0.25) is 5.02 Å². The van der Waals surface area contributed by atoms with Crippen molar-refractivity contribution in [2.45, 2.75) is 19.6 Å². The van der Waals surface area contributed by atoms with E-state index in [9.17, 15) is 5.11 Å².